The van der Waals surface area contributed by atoms with E-state index in [1.807, 2.05) is 6.07 Å². The molecule has 18 heavy (non-hydrogen) atoms. The minimum Gasteiger partial charge on any atom is -0.388 e. The van der Waals surface area contributed by atoms with Crippen molar-refractivity contribution in [3.05, 3.63) is 35.0 Å². The lowest BCUT2D eigenvalue weighted by molar-refractivity contribution is 0.166. The van der Waals surface area contributed by atoms with Crippen molar-refractivity contribution in [2.75, 3.05) is 0 Å². The Labute approximate surface area is 111 Å². The van der Waals surface area contributed by atoms with Crippen molar-refractivity contribution in [3.63, 3.8) is 0 Å². The zero-order chi connectivity index (χ0) is 13.1. The third-order valence-corrected chi connectivity index (χ3v) is 4.29. The summed E-state index contributed by atoms with van der Waals surface area (Å²) in [5, 5.41) is 11.1. The van der Waals surface area contributed by atoms with Crippen LogP contribution in [0.1, 0.15) is 44.1 Å². The molecule has 1 atom stereocenters. The summed E-state index contributed by atoms with van der Waals surface area (Å²) in [6.07, 6.45) is 2.54. The van der Waals surface area contributed by atoms with E-state index in [0.717, 1.165) is 34.2 Å². The van der Waals surface area contributed by atoms with Crippen LogP contribution >= 0.6 is 11.3 Å². The van der Waals surface area contributed by atoms with Crippen molar-refractivity contribution in [1.82, 2.24) is 0 Å². The normalized spacial score (nSPS) is 13.4. The Morgan fingerprint density at radius 1 is 1.22 bits per heavy atom. The van der Waals surface area contributed by atoms with Crippen LogP contribution in [0.3, 0.4) is 0 Å². The van der Waals surface area contributed by atoms with Gasteiger partial charge in [0.25, 0.3) is 0 Å². The van der Waals surface area contributed by atoms with Crippen LogP contribution < -0.4 is 0 Å². The van der Waals surface area contributed by atoms with Gasteiger partial charge in [-0.3, -0.25) is 0 Å². The molecule has 3 heteroatoms. The molecule has 0 aliphatic carbocycles. The minimum atomic E-state index is -0.413. The van der Waals surface area contributed by atoms with Crippen LogP contribution in [-0.4, -0.2) is 5.11 Å². The maximum atomic E-state index is 13.1. The van der Waals surface area contributed by atoms with Gasteiger partial charge >= 0.3 is 0 Å². The highest BCUT2D eigenvalue weighted by Crippen LogP contribution is 2.32. The van der Waals surface area contributed by atoms with Crippen molar-refractivity contribution < 1.29 is 9.50 Å². The van der Waals surface area contributed by atoms with Gasteiger partial charge < -0.3 is 5.11 Å². The van der Waals surface area contributed by atoms with E-state index < -0.39 is 6.10 Å². The number of rotatable bonds is 5. The van der Waals surface area contributed by atoms with Gasteiger partial charge in [-0.25, -0.2) is 4.39 Å². The molecule has 0 saturated heterocycles. The average molecular weight is 266 g/mol. The lowest BCUT2D eigenvalue weighted by Gasteiger charge is -2.09. The smallest absolute Gasteiger partial charge is 0.124 e. The topological polar surface area (TPSA) is 20.2 Å². The molecule has 1 heterocycles. The van der Waals surface area contributed by atoms with Crippen molar-refractivity contribution in [2.45, 2.75) is 39.2 Å². The Morgan fingerprint density at radius 2 is 2.00 bits per heavy atom. The number of hydrogen-bond acceptors (Lipinski definition) is 2. The molecule has 0 amide bonds. The van der Waals surface area contributed by atoms with E-state index in [4.69, 9.17) is 0 Å². The van der Waals surface area contributed by atoms with Gasteiger partial charge in [0.1, 0.15) is 5.82 Å². The zero-order valence-electron chi connectivity index (χ0n) is 10.8. The summed E-state index contributed by atoms with van der Waals surface area (Å²) >= 11 is 1.49. The average Bonchev–Trinajstić information content (AvgIpc) is 2.71. The number of benzene rings is 1. The molecule has 0 spiro atoms. The molecule has 0 saturated carbocycles. The number of halogens is 1. The Balaban J connectivity index is 2.06. The summed E-state index contributed by atoms with van der Waals surface area (Å²) < 4.78 is 14.0. The zero-order valence-corrected chi connectivity index (χ0v) is 11.6. The second-order valence-electron chi connectivity index (χ2n) is 5.17. The van der Waals surface area contributed by atoms with E-state index in [9.17, 15) is 9.50 Å². The molecule has 1 nitrogen and oxygen atoms in total. The third-order valence-electron chi connectivity index (χ3n) is 3.09. The maximum Gasteiger partial charge on any atom is 0.124 e. The predicted octanol–water partition coefficient (Wildman–Crippen LogP) is 4.90. The van der Waals surface area contributed by atoms with Crippen molar-refractivity contribution in [1.29, 1.82) is 0 Å². The third kappa shape index (κ3) is 3.30. The first-order valence-corrected chi connectivity index (χ1v) is 7.25. The van der Waals surface area contributed by atoms with Crippen molar-refractivity contribution >= 4 is 21.4 Å². The summed E-state index contributed by atoms with van der Waals surface area (Å²) in [4.78, 5) is 0.944. The van der Waals surface area contributed by atoms with Crippen molar-refractivity contribution in [3.8, 4) is 0 Å². The summed E-state index contributed by atoms with van der Waals surface area (Å²) in [5.41, 5.74) is 0. The van der Waals surface area contributed by atoms with Crippen LogP contribution in [0.15, 0.2) is 24.3 Å². The van der Waals surface area contributed by atoms with Gasteiger partial charge in [-0.2, -0.15) is 0 Å². The fraction of sp³-hybridized carbons (Fsp3) is 0.467. The standard InChI is InChI=1S/C15H19FOS/c1-10(2)4-3-5-13(17)15-8-11-6-7-12(16)9-14(11)18-15/h6-10,13,17H,3-5H2,1-2H3. The number of aliphatic hydroxyl groups is 1. The van der Waals surface area contributed by atoms with E-state index >= 15 is 0 Å². The molecule has 1 unspecified atom stereocenters. The van der Waals surface area contributed by atoms with E-state index in [2.05, 4.69) is 13.8 Å². The summed E-state index contributed by atoms with van der Waals surface area (Å²) in [7, 11) is 0. The fourth-order valence-electron chi connectivity index (χ4n) is 2.05. The highest BCUT2D eigenvalue weighted by atomic mass is 32.1. The first kappa shape index (κ1) is 13.5. The van der Waals surface area contributed by atoms with Crippen LogP contribution in [0.5, 0.6) is 0 Å². The van der Waals surface area contributed by atoms with Gasteiger partial charge in [-0.15, -0.1) is 11.3 Å². The van der Waals surface area contributed by atoms with Gasteiger partial charge in [0.15, 0.2) is 0 Å². The lowest BCUT2D eigenvalue weighted by Crippen LogP contribution is -1.96. The first-order chi connectivity index (χ1) is 8.56. The Morgan fingerprint density at radius 3 is 2.72 bits per heavy atom. The van der Waals surface area contributed by atoms with Crippen LogP contribution in [0.2, 0.25) is 0 Å². The number of aliphatic hydroxyl groups excluding tert-OH is 1. The Kier molecular flexibility index (Phi) is 4.36. The van der Waals surface area contributed by atoms with E-state index in [1.54, 1.807) is 6.07 Å². The van der Waals surface area contributed by atoms with Gasteiger partial charge in [0.2, 0.25) is 0 Å². The van der Waals surface area contributed by atoms with E-state index in [-0.39, 0.29) is 5.82 Å². The molecule has 1 N–H and O–H groups in total. The molecule has 0 radical (unpaired) electrons. The number of thiophene rings is 1. The molecule has 0 fully saturated rings. The van der Waals surface area contributed by atoms with Gasteiger partial charge in [-0.1, -0.05) is 32.8 Å². The summed E-state index contributed by atoms with van der Waals surface area (Å²) in [6, 6.07) is 6.74. The number of hydrogen-bond donors (Lipinski definition) is 1. The fourth-order valence-corrected chi connectivity index (χ4v) is 3.16. The molecule has 1 aromatic heterocycles. The lowest BCUT2D eigenvalue weighted by atomic mass is 10.0. The number of fused-ring (bicyclic) bond motifs is 1. The summed E-state index contributed by atoms with van der Waals surface area (Å²) in [5.74, 6) is 0.457. The van der Waals surface area contributed by atoms with Gasteiger partial charge in [0.05, 0.1) is 6.10 Å². The molecule has 0 aliphatic rings. The molecule has 0 bridgehead atoms. The first-order valence-electron chi connectivity index (χ1n) is 6.43. The molecular formula is C15H19FOS. The predicted molar refractivity (Wildman–Crippen MR) is 75.4 cm³/mol. The van der Waals surface area contributed by atoms with Crippen LogP contribution in [-0.2, 0) is 0 Å². The SMILES string of the molecule is CC(C)CCCC(O)c1cc2ccc(F)cc2s1. The Bertz CT molecular complexity index is 518. The highest BCUT2D eigenvalue weighted by Gasteiger charge is 2.12. The second kappa shape index (κ2) is 5.81. The second-order valence-corrected chi connectivity index (χ2v) is 6.29. The minimum absolute atomic E-state index is 0.217. The van der Waals surface area contributed by atoms with E-state index in [0.29, 0.717) is 5.92 Å². The van der Waals surface area contributed by atoms with Crippen molar-refractivity contribution in [2.24, 2.45) is 5.92 Å². The van der Waals surface area contributed by atoms with E-state index in [1.165, 1.54) is 23.5 Å². The summed E-state index contributed by atoms with van der Waals surface area (Å²) in [6.45, 7) is 4.38. The highest BCUT2D eigenvalue weighted by molar-refractivity contribution is 7.19. The quantitative estimate of drug-likeness (QED) is 0.816. The van der Waals surface area contributed by atoms with Gasteiger partial charge in [-0.05, 0) is 35.9 Å². The van der Waals surface area contributed by atoms with Crippen LogP contribution in [0.25, 0.3) is 10.1 Å². The molecule has 2 aromatic rings. The molecule has 1 aromatic carbocycles. The molecule has 2 rings (SSSR count). The molecule has 98 valence electrons. The Hall–Kier alpha value is -0.930. The van der Waals surface area contributed by atoms with Crippen LogP contribution in [0.4, 0.5) is 4.39 Å². The maximum absolute atomic E-state index is 13.1. The largest absolute Gasteiger partial charge is 0.388 e. The van der Waals surface area contributed by atoms with Gasteiger partial charge in [0, 0.05) is 9.58 Å². The van der Waals surface area contributed by atoms with Crippen LogP contribution in [0, 0.1) is 11.7 Å². The molecule has 0 aliphatic heterocycles. The molecular weight excluding hydrogens is 247 g/mol. The monoisotopic (exact) mass is 266 g/mol.